The zero-order valence-corrected chi connectivity index (χ0v) is 7.33. The maximum atomic E-state index is 11.1. The minimum atomic E-state index is -0.565. The predicted octanol–water partition coefficient (Wildman–Crippen LogP) is 1.94. The predicted molar refractivity (Wildman–Crippen MR) is 43.1 cm³/mol. The van der Waals surface area contributed by atoms with E-state index in [4.69, 9.17) is 0 Å². The molecule has 0 spiro atoms. The van der Waals surface area contributed by atoms with Crippen molar-refractivity contribution in [2.75, 3.05) is 5.75 Å². The minimum Gasteiger partial charge on any atom is -0.259 e. The van der Waals surface area contributed by atoms with Gasteiger partial charge in [-0.05, 0) is 12.8 Å². The number of rotatable bonds is 4. The first-order valence-corrected chi connectivity index (χ1v) is 5.01. The zero-order valence-electron chi connectivity index (χ0n) is 6.52. The van der Waals surface area contributed by atoms with Gasteiger partial charge in [-0.3, -0.25) is 4.21 Å². The Hall–Kier alpha value is 0.150. The number of hydrogen-bond donors (Lipinski definition) is 0. The van der Waals surface area contributed by atoms with E-state index < -0.39 is 10.8 Å². The Balaban J connectivity index is 3.64. The molecule has 0 aromatic carbocycles. The van der Waals surface area contributed by atoms with E-state index >= 15 is 0 Å². The molecule has 0 fully saturated rings. The molecule has 0 saturated heterocycles. The lowest BCUT2D eigenvalue weighted by Gasteiger charge is -2.08. The zero-order chi connectivity index (χ0) is 7.28. The summed E-state index contributed by atoms with van der Waals surface area (Å²) in [5, 5.41) is 0.440. The van der Waals surface area contributed by atoms with E-state index in [9.17, 15) is 4.21 Å². The molecule has 0 bridgehead atoms. The smallest absolute Gasteiger partial charge is 0.0342 e. The highest BCUT2D eigenvalue weighted by Gasteiger charge is 2.08. The lowest BCUT2D eigenvalue weighted by atomic mass is 10.3. The van der Waals surface area contributed by atoms with Gasteiger partial charge >= 0.3 is 0 Å². The first-order chi connectivity index (χ1) is 4.26. The van der Waals surface area contributed by atoms with Crippen LogP contribution in [-0.4, -0.2) is 15.2 Å². The van der Waals surface area contributed by atoms with Crippen LogP contribution in [0.1, 0.15) is 33.6 Å². The van der Waals surface area contributed by atoms with Crippen LogP contribution in [0.4, 0.5) is 0 Å². The Bertz CT molecular complexity index is 86.9. The largest absolute Gasteiger partial charge is 0.259 e. The normalized spacial score (nSPS) is 14.2. The van der Waals surface area contributed by atoms with Gasteiger partial charge in [0.25, 0.3) is 0 Å². The molecule has 0 aromatic heterocycles. The topological polar surface area (TPSA) is 17.1 Å². The van der Waals surface area contributed by atoms with Gasteiger partial charge in [0.2, 0.25) is 0 Å². The van der Waals surface area contributed by atoms with E-state index in [2.05, 4.69) is 13.8 Å². The van der Waals surface area contributed by atoms with Gasteiger partial charge in [0.15, 0.2) is 0 Å². The average molecular weight is 148 g/mol. The van der Waals surface area contributed by atoms with E-state index in [0.29, 0.717) is 5.25 Å². The van der Waals surface area contributed by atoms with Gasteiger partial charge in [0, 0.05) is 21.8 Å². The first kappa shape index (κ1) is 9.15. The highest BCUT2D eigenvalue weighted by molar-refractivity contribution is 7.85. The Kier molecular flexibility index (Phi) is 5.06. The highest BCUT2D eigenvalue weighted by Crippen LogP contribution is 2.05. The first-order valence-electron chi connectivity index (χ1n) is 3.63. The molecule has 2 heteroatoms. The van der Waals surface area contributed by atoms with Crippen LogP contribution >= 0.6 is 0 Å². The van der Waals surface area contributed by atoms with Crippen molar-refractivity contribution >= 4 is 10.8 Å². The van der Waals surface area contributed by atoms with Crippen LogP contribution in [0.5, 0.6) is 0 Å². The summed E-state index contributed by atoms with van der Waals surface area (Å²) in [5.74, 6) is 0.812. The monoisotopic (exact) mass is 148 g/mol. The van der Waals surface area contributed by atoms with Gasteiger partial charge < -0.3 is 0 Å². The van der Waals surface area contributed by atoms with Crippen molar-refractivity contribution in [1.82, 2.24) is 0 Å². The highest BCUT2D eigenvalue weighted by atomic mass is 32.2. The Morgan fingerprint density at radius 2 is 1.67 bits per heavy atom. The van der Waals surface area contributed by atoms with E-state index in [-0.39, 0.29) is 0 Å². The minimum absolute atomic E-state index is 0.440. The summed E-state index contributed by atoms with van der Waals surface area (Å²) < 4.78 is 11.1. The van der Waals surface area contributed by atoms with E-state index in [0.717, 1.165) is 18.6 Å². The van der Waals surface area contributed by atoms with Gasteiger partial charge in [-0.15, -0.1) is 0 Å². The van der Waals surface area contributed by atoms with Crippen LogP contribution in [-0.2, 0) is 10.8 Å². The molecule has 1 nitrogen and oxygen atoms in total. The van der Waals surface area contributed by atoms with Crippen LogP contribution in [0.15, 0.2) is 0 Å². The van der Waals surface area contributed by atoms with Crippen molar-refractivity contribution in [2.24, 2.45) is 0 Å². The lowest BCUT2D eigenvalue weighted by Crippen LogP contribution is -2.13. The molecule has 1 atom stereocenters. The van der Waals surface area contributed by atoms with Crippen molar-refractivity contribution in [3.8, 4) is 0 Å². The van der Waals surface area contributed by atoms with Gasteiger partial charge in [-0.25, -0.2) is 0 Å². The van der Waals surface area contributed by atoms with Crippen LogP contribution in [0.3, 0.4) is 0 Å². The fraction of sp³-hybridized carbons (Fsp3) is 1.00. The molecule has 56 valence electrons. The molecule has 0 aliphatic heterocycles. The quantitative estimate of drug-likeness (QED) is 0.595. The maximum Gasteiger partial charge on any atom is 0.0342 e. The van der Waals surface area contributed by atoms with Crippen molar-refractivity contribution in [3.63, 3.8) is 0 Å². The summed E-state index contributed by atoms with van der Waals surface area (Å²) in [4.78, 5) is 0. The van der Waals surface area contributed by atoms with Crippen LogP contribution in [0, 0.1) is 0 Å². The lowest BCUT2D eigenvalue weighted by molar-refractivity contribution is 0.659. The molecular formula is C7H16OS. The molecule has 0 aliphatic carbocycles. The summed E-state index contributed by atoms with van der Waals surface area (Å²) in [5.41, 5.74) is 0. The van der Waals surface area contributed by atoms with Gasteiger partial charge in [-0.2, -0.15) is 0 Å². The maximum absolute atomic E-state index is 11.1. The van der Waals surface area contributed by atoms with Crippen LogP contribution < -0.4 is 0 Å². The van der Waals surface area contributed by atoms with Crippen molar-refractivity contribution in [3.05, 3.63) is 0 Å². The Labute approximate surface area is 60.3 Å². The fourth-order valence-corrected chi connectivity index (χ4v) is 2.11. The third kappa shape index (κ3) is 2.99. The van der Waals surface area contributed by atoms with Crippen LogP contribution in [0.25, 0.3) is 0 Å². The average Bonchev–Trinajstić information content (AvgIpc) is 1.90. The van der Waals surface area contributed by atoms with Crippen LogP contribution in [0.2, 0.25) is 0 Å². The van der Waals surface area contributed by atoms with Crippen molar-refractivity contribution in [1.29, 1.82) is 0 Å². The third-order valence-electron chi connectivity index (χ3n) is 1.57. The molecule has 0 saturated carbocycles. The molecule has 9 heavy (non-hydrogen) atoms. The molecule has 0 radical (unpaired) electrons. The molecular weight excluding hydrogens is 132 g/mol. The fourth-order valence-electron chi connectivity index (χ4n) is 0.896. The second-order valence-electron chi connectivity index (χ2n) is 2.11. The van der Waals surface area contributed by atoms with E-state index in [1.54, 1.807) is 0 Å². The summed E-state index contributed by atoms with van der Waals surface area (Å²) in [7, 11) is -0.565. The molecule has 1 unspecified atom stereocenters. The molecule has 0 N–H and O–H groups in total. The van der Waals surface area contributed by atoms with Gasteiger partial charge in [0.1, 0.15) is 0 Å². The van der Waals surface area contributed by atoms with E-state index in [1.165, 1.54) is 0 Å². The molecule has 0 heterocycles. The standard InChI is InChI=1S/C7H16OS/c1-4-7(5-2)9(8)6-3/h7H,4-6H2,1-3H3. The van der Waals surface area contributed by atoms with Crippen molar-refractivity contribution in [2.45, 2.75) is 38.9 Å². The SMILES string of the molecule is CCC(CC)S(=O)CC. The second-order valence-corrected chi connectivity index (χ2v) is 4.11. The van der Waals surface area contributed by atoms with Gasteiger partial charge in [-0.1, -0.05) is 20.8 Å². The Morgan fingerprint density at radius 1 is 1.22 bits per heavy atom. The summed E-state index contributed by atoms with van der Waals surface area (Å²) in [6, 6.07) is 0. The summed E-state index contributed by atoms with van der Waals surface area (Å²) in [6.45, 7) is 6.18. The Morgan fingerprint density at radius 3 is 1.78 bits per heavy atom. The molecule has 0 amide bonds. The third-order valence-corrected chi connectivity index (χ3v) is 3.55. The van der Waals surface area contributed by atoms with Gasteiger partial charge in [0.05, 0.1) is 0 Å². The molecule has 0 rings (SSSR count). The van der Waals surface area contributed by atoms with Crippen molar-refractivity contribution < 1.29 is 4.21 Å². The molecule has 0 aliphatic rings. The number of hydrogen-bond acceptors (Lipinski definition) is 1. The molecule has 0 aromatic rings. The second kappa shape index (κ2) is 4.98. The summed E-state index contributed by atoms with van der Waals surface area (Å²) in [6.07, 6.45) is 2.11. The van der Waals surface area contributed by atoms with E-state index in [1.807, 2.05) is 6.92 Å². The summed E-state index contributed by atoms with van der Waals surface area (Å²) >= 11 is 0.